The van der Waals surface area contributed by atoms with Crippen molar-refractivity contribution in [2.24, 2.45) is 11.3 Å². The van der Waals surface area contributed by atoms with Crippen molar-refractivity contribution in [1.29, 1.82) is 0 Å². The first-order valence-electron chi connectivity index (χ1n) is 10.7. The Morgan fingerprint density at radius 1 is 0.962 bits per heavy atom. The summed E-state index contributed by atoms with van der Waals surface area (Å²) >= 11 is 0. The highest BCUT2D eigenvalue weighted by atomic mass is 16.2. The second-order valence-electron chi connectivity index (χ2n) is 10.7. The number of nitrogens with zero attached hydrogens (tertiary/aromatic N) is 2. The van der Waals surface area contributed by atoms with Crippen LogP contribution in [0.2, 0.25) is 0 Å². The molecular weight excluding hydrogens is 322 g/mol. The minimum atomic E-state index is 0.257. The number of carbonyl (C=O) groups excluding carboxylic acids is 1. The Balaban J connectivity index is 1.70. The average Bonchev–Trinajstić information content (AvgIpc) is 2.58. The van der Waals surface area contributed by atoms with Crippen LogP contribution in [0.1, 0.15) is 80.1 Å². The summed E-state index contributed by atoms with van der Waals surface area (Å²) in [6.07, 6.45) is 7.12. The maximum atomic E-state index is 12.6. The Morgan fingerprint density at radius 3 is 1.96 bits per heavy atom. The van der Waals surface area contributed by atoms with Gasteiger partial charge in [0.2, 0.25) is 5.91 Å². The molecule has 0 spiro atoms. The van der Waals surface area contributed by atoms with Gasteiger partial charge in [0.15, 0.2) is 0 Å². The standard InChI is InChI=1S/C22H43N3O/c1-21(2,3)17-8-10-19(11-9-17)24(7)20(26)16-23-18-12-14-25(15-13-18)22(4,5)6/h17-19,23H,8-16H2,1-7H3. The third-order valence-corrected chi connectivity index (χ3v) is 6.85. The summed E-state index contributed by atoms with van der Waals surface area (Å²) in [5.74, 6) is 1.07. The fraction of sp³-hybridized carbons (Fsp3) is 0.955. The van der Waals surface area contributed by atoms with E-state index < -0.39 is 0 Å². The minimum absolute atomic E-state index is 0.257. The van der Waals surface area contributed by atoms with Crippen molar-refractivity contribution >= 4 is 5.91 Å². The number of rotatable bonds is 4. The smallest absolute Gasteiger partial charge is 0.236 e. The van der Waals surface area contributed by atoms with Crippen LogP contribution in [0.5, 0.6) is 0 Å². The molecule has 1 amide bonds. The van der Waals surface area contributed by atoms with E-state index in [0.29, 0.717) is 24.0 Å². The van der Waals surface area contributed by atoms with Gasteiger partial charge in [-0.05, 0) is 70.6 Å². The van der Waals surface area contributed by atoms with Crippen LogP contribution in [0, 0.1) is 11.3 Å². The summed E-state index contributed by atoms with van der Waals surface area (Å²) in [5.41, 5.74) is 0.657. The van der Waals surface area contributed by atoms with Crippen molar-refractivity contribution in [2.45, 2.75) is 97.7 Å². The molecule has 0 unspecified atom stereocenters. The Hall–Kier alpha value is -0.610. The van der Waals surface area contributed by atoms with E-state index in [4.69, 9.17) is 0 Å². The number of likely N-dealkylation sites (tertiary alicyclic amines) is 1. The average molecular weight is 366 g/mol. The van der Waals surface area contributed by atoms with Crippen LogP contribution in [0.3, 0.4) is 0 Å². The molecule has 0 atom stereocenters. The normalized spacial score (nSPS) is 26.7. The van der Waals surface area contributed by atoms with Crippen LogP contribution < -0.4 is 5.32 Å². The second-order valence-corrected chi connectivity index (χ2v) is 10.7. The number of likely N-dealkylation sites (N-methyl/N-ethyl adjacent to an activating group) is 1. The monoisotopic (exact) mass is 365 g/mol. The first-order chi connectivity index (χ1) is 12.0. The summed E-state index contributed by atoms with van der Waals surface area (Å²) < 4.78 is 0. The van der Waals surface area contributed by atoms with Crippen LogP contribution in [0.15, 0.2) is 0 Å². The molecular formula is C22H43N3O. The lowest BCUT2D eigenvalue weighted by molar-refractivity contribution is -0.132. The van der Waals surface area contributed by atoms with Crippen LogP contribution >= 0.6 is 0 Å². The summed E-state index contributed by atoms with van der Waals surface area (Å²) in [4.78, 5) is 17.2. The van der Waals surface area contributed by atoms with E-state index in [0.717, 1.165) is 44.7 Å². The molecule has 2 aliphatic rings. The lowest BCUT2D eigenvalue weighted by atomic mass is 9.71. The highest BCUT2D eigenvalue weighted by molar-refractivity contribution is 5.78. The maximum Gasteiger partial charge on any atom is 0.236 e. The van der Waals surface area contributed by atoms with Gasteiger partial charge in [-0.15, -0.1) is 0 Å². The highest BCUT2D eigenvalue weighted by Crippen LogP contribution is 2.38. The van der Waals surface area contributed by atoms with E-state index in [-0.39, 0.29) is 11.4 Å². The quantitative estimate of drug-likeness (QED) is 0.821. The number of piperidine rings is 1. The van der Waals surface area contributed by atoms with Crippen molar-refractivity contribution in [1.82, 2.24) is 15.1 Å². The zero-order valence-corrected chi connectivity index (χ0v) is 18.4. The summed E-state index contributed by atoms with van der Waals surface area (Å²) in [6.45, 7) is 16.7. The lowest BCUT2D eigenvalue weighted by Gasteiger charge is -2.41. The molecule has 1 aliphatic carbocycles. The molecule has 26 heavy (non-hydrogen) atoms. The van der Waals surface area contributed by atoms with Gasteiger partial charge in [-0.3, -0.25) is 9.69 Å². The zero-order valence-electron chi connectivity index (χ0n) is 18.4. The van der Waals surface area contributed by atoms with E-state index in [1.165, 1.54) is 12.8 Å². The fourth-order valence-corrected chi connectivity index (χ4v) is 4.64. The van der Waals surface area contributed by atoms with Gasteiger partial charge >= 0.3 is 0 Å². The molecule has 4 heteroatoms. The summed E-state index contributed by atoms with van der Waals surface area (Å²) in [7, 11) is 2.01. The molecule has 1 saturated heterocycles. The molecule has 2 fully saturated rings. The molecule has 1 heterocycles. The van der Waals surface area contributed by atoms with Crippen molar-refractivity contribution in [2.75, 3.05) is 26.7 Å². The predicted octanol–water partition coefficient (Wildman–Crippen LogP) is 3.90. The van der Waals surface area contributed by atoms with Crippen LogP contribution in [0.25, 0.3) is 0 Å². The first-order valence-corrected chi connectivity index (χ1v) is 10.7. The van der Waals surface area contributed by atoms with Crippen LogP contribution in [0.4, 0.5) is 0 Å². The minimum Gasteiger partial charge on any atom is -0.342 e. The van der Waals surface area contributed by atoms with Crippen molar-refractivity contribution in [3.05, 3.63) is 0 Å². The lowest BCUT2D eigenvalue weighted by Crippen LogP contribution is -2.51. The second kappa shape index (κ2) is 8.60. The van der Waals surface area contributed by atoms with Crippen LogP contribution in [-0.4, -0.2) is 60.0 Å². The third kappa shape index (κ3) is 5.95. The van der Waals surface area contributed by atoms with Gasteiger partial charge < -0.3 is 10.2 Å². The topological polar surface area (TPSA) is 35.6 Å². The summed E-state index contributed by atoms with van der Waals surface area (Å²) in [6, 6.07) is 0.924. The Labute approximate surface area is 162 Å². The van der Waals surface area contributed by atoms with Gasteiger partial charge in [-0.2, -0.15) is 0 Å². The number of hydrogen-bond acceptors (Lipinski definition) is 3. The Bertz CT molecular complexity index is 447. The highest BCUT2D eigenvalue weighted by Gasteiger charge is 2.32. The van der Waals surface area contributed by atoms with E-state index >= 15 is 0 Å². The molecule has 0 bridgehead atoms. The molecule has 2 rings (SSSR count). The maximum absolute atomic E-state index is 12.6. The number of carbonyl (C=O) groups is 1. The molecule has 4 nitrogen and oxygen atoms in total. The van der Waals surface area contributed by atoms with Gasteiger partial charge in [0, 0.05) is 37.8 Å². The van der Waals surface area contributed by atoms with Gasteiger partial charge in [0.1, 0.15) is 0 Å². The molecule has 0 aromatic carbocycles. The molecule has 0 aromatic rings. The zero-order chi connectivity index (χ0) is 19.5. The largest absolute Gasteiger partial charge is 0.342 e. The number of hydrogen-bond donors (Lipinski definition) is 1. The Morgan fingerprint density at radius 2 is 1.50 bits per heavy atom. The number of nitrogens with one attached hydrogen (secondary N) is 1. The predicted molar refractivity (Wildman–Crippen MR) is 110 cm³/mol. The van der Waals surface area contributed by atoms with E-state index in [1.54, 1.807) is 0 Å². The third-order valence-electron chi connectivity index (χ3n) is 6.85. The Kier molecular flexibility index (Phi) is 7.17. The number of amides is 1. The van der Waals surface area contributed by atoms with Crippen molar-refractivity contribution in [3.8, 4) is 0 Å². The fourth-order valence-electron chi connectivity index (χ4n) is 4.64. The molecule has 0 aromatic heterocycles. The SMILES string of the molecule is CN(C(=O)CNC1CCN(C(C)(C)C)CC1)C1CCC(C(C)(C)C)CC1. The van der Waals surface area contributed by atoms with Crippen molar-refractivity contribution < 1.29 is 4.79 Å². The van der Waals surface area contributed by atoms with Gasteiger partial charge in [0.05, 0.1) is 6.54 Å². The van der Waals surface area contributed by atoms with Crippen LogP contribution in [-0.2, 0) is 4.79 Å². The van der Waals surface area contributed by atoms with E-state index in [9.17, 15) is 4.79 Å². The van der Waals surface area contributed by atoms with E-state index in [1.807, 2.05) is 11.9 Å². The first kappa shape index (κ1) is 21.7. The molecule has 1 saturated carbocycles. The molecule has 1 N–H and O–H groups in total. The summed E-state index contributed by atoms with van der Waals surface area (Å²) in [5, 5.41) is 3.53. The van der Waals surface area contributed by atoms with Gasteiger partial charge in [0.25, 0.3) is 0 Å². The van der Waals surface area contributed by atoms with E-state index in [2.05, 4.69) is 51.8 Å². The van der Waals surface area contributed by atoms with Crippen molar-refractivity contribution in [3.63, 3.8) is 0 Å². The molecule has 152 valence electrons. The van der Waals surface area contributed by atoms with Gasteiger partial charge in [-0.1, -0.05) is 20.8 Å². The molecule has 0 radical (unpaired) electrons. The van der Waals surface area contributed by atoms with Gasteiger partial charge in [-0.25, -0.2) is 0 Å². The molecule has 1 aliphatic heterocycles.